The Hall–Kier alpha value is -2.97. The summed E-state index contributed by atoms with van der Waals surface area (Å²) >= 11 is 0. The molecule has 9 heteroatoms. The zero-order chi connectivity index (χ0) is 17.4. The average Bonchev–Trinajstić information content (AvgIpc) is 2.66. The van der Waals surface area contributed by atoms with Gasteiger partial charge in [-0.05, 0) is 19.1 Å². The summed E-state index contributed by atoms with van der Waals surface area (Å²) in [4.78, 5) is 34.3. The van der Waals surface area contributed by atoms with Crippen LogP contribution in [0, 0.1) is 11.6 Å². The van der Waals surface area contributed by atoms with Gasteiger partial charge in [0.05, 0.1) is 0 Å². The SMILES string of the molecule is CC(=O)OC1=C(NC(=O)O)OC(C)(c2ccc(F)c(F)c2)C1=O. The molecule has 0 bridgehead atoms. The maximum absolute atomic E-state index is 13.4. The maximum Gasteiger partial charge on any atom is 0.411 e. The predicted molar refractivity (Wildman–Crippen MR) is 69.8 cm³/mol. The molecule has 23 heavy (non-hydrogen) atoms. The predicted octanol–water partition coefficient (Wildman–Crippen LogP) is 1.78. The van der Waals surface area contributed by atoms with E-state index in [1.165, 1.54) is 6.92 Å². The Bertz CT molecular complexity index is 745. The van der Waals surface area contributed by atoms with Crippen LogP contribution in [0.4, 0.5) is 13.6 Å². The van der Waals surface area contributed by atoms with E-state index in [1.807, 2.05) is 0 Å². The lowest BCUT2D eigenvalue weighted by molar-refractivity contribution is -0.142. The molecule has 122 valence electrons. The van der Waals surface area contributed by atoms with Crippen LogP contribution in [0.25, 0.3) is 0 Å². The minimum absolute atomic E-state index is 0.0757. The second-order valence-corrected chi connectivity index (χ2v) is 4.78. The average molecular weight is 327 g/mol. The molecular weight excluding hydrogens is 316 g/mol. The summed E-state index contributed by atoms with van der Waals surface area (Å²) in [6, 6.07) is 2.63. The van der Waals surface area contributed by atoms with Crippen molar-refractivity contribution in [1.29, 1.82) is 0 Å². The van der Waals surface area contributed by atoms with Crippen LogP contribution in [-0.4, -0.2) is 23.0 Å². The van der Waals surface area contributed by atoms with E-state index in [0.717, 1.165) is 25.1 Å². The van der Waals surface area contributed by atoms with Crippen molar-refractivity contribution in [2.75, 3.05) is 0 Å². The van der Waals surface area contributed by atoms with Crippen LogP contribution in [0.1, 0.15) is 19.4 Å². The molecule has 0 spiro atoms. The fraction of sp³-hybridized carbons (Fsp3) is 0.214. The topological polar surface area (TPSA) is 102 Å². The molecule has 0 saturated heterocycles. The van der Waals surface area contributed by atoms with Crippen molar-refractivity contribution in [3.8, 4) is 0 Å². The summed E-state index contributed by atoms with van der Waals surface area (Å²) in [5.74, 6) is -5.40. The third-order valence-electron chi connectivity index (χ3n) is 3.09. The standard InChI is InChI=1S/C14H11F2NO6/c1-6(18)22-10-11(19)14(2,23-12(10)17-13(20)21)7-3-4-8(15)9(16)5-7/h3-5,17H,1-2H3,(H,20,21). The third-order valence-corrected chi connectivity index (χ3v) is 3.09. The van der Waals surface area contributed by atoms with Crippen molar-refractivity contribution in [2.24, 2.45) is 0 Å². The number of ether oxygens (including phenoxy) is 2. The number of esters is 1. The molecule has 1 aliphatic rings. The lowest BCUT2D eigenvalue weighted by atomic mass is 9.91. The summed E-state index contributed by atoms with van der Waals surface area (Å²) in [5, 5.41) is 10.5. The first-order valence-corrected chi connectivity index (χ1v) is 6.27. The van der Waals surface area contributed by atoms with Crippen LogP contribution in [0.3, 0.4) is 0 Å². The van der Waals surface area contributed by atoms with E-state index in [0.29, 0.717) is 0 Å². The molecule has 1 amide bonds. The lowest BCUT2D eigenvalue weighted by Gasteiger charge is -2.23. The summed E-state index contributed by atoms with van der Waals surface area (Å²) in [7, 11) is 0. The van der Waals surface area contributed by atoms with Gasteiger partial charge in [0.2, 0.25) is 11.6 Å². The van der Waals surface area contributed by atoms with Crippen LogP contribution in [0.2, 0.25) is 0 Å². The van der Waals surface area contributed by atoms with Gasteiger partial charge in [-0.1, -0.05) is 6.07 Å². The highest BCUT2D eigenvalue weighted by Gasteiger charge is 2.50. The van der Waals surface area contributed by atoms with E-state index < -0.39 is 46.7 Å². The number of nitrogens with one attached hydrogen (secondary N) is 1. The van der Waals surface area contributed by atoms with Gasteiger partial charge >= 0.3 is 12.1 Å². The normalized spacial score (nSPS) is 20.3. The largest absolute Gasteiger partial charge is 0.465 e. The molecule has 1 unspecified atom stereocenters. The summed E-state index contributed by atoms with van der Waals surface area (Å²) in [6.07, 6.45) is -1.56. The number of carbonyl (C=O) groups is 3. The van der Waals surface area contributed by atoms with Crippen molar-refractivity contribution in [2.45, 2.75) is 19.4 Å². The van der Waals surface area contributed by atoms with Crippen LogP contribution in [0.5, 0.6) is 0 Å². The Morgan fingerprint density at radius 1 is 1.30 bits per heavy atom. The van der Waals surface area contributed by atoms with Gasteiger partial charge in [0, 0.05) is 12.5 Å². The van der Waals surface area contributed by atoms with E-state index in [4.69, 9.17) is 9.84 Å². The number of rotatable bonds is 3. The van der Waals surface area contributed by atoms with Gasteiger partial charge in [-0.25, -0.2) is 13.6 Å². The highest BCUT2D eigenvalue weighted by atomic mass is 19.2. The first-order chi connectivity index (χ1) is 10.6. The molecular formula is C14H11F2NO6. The first kappa shape index (κ1) is 16.4. The number of amides is 1. The molecule has 0 aromatic heterocycles. The second-order valence-electron chi connectivity index (χ2n) is 4.78. The summed E-state index contributed by atoms with van der Waals surface area (Å²) in [5.41, 5.74) is -1.95. The van der Waals surface area contributed by atoms with Crippen molar-refractivity contribution in [1.82, 2.24) is 5.32 Å². The van der Waals surface area contributed by atoms with E-state index in [-0.39, 0.29) is 5.56 Å². The molecule has 0 radical (unpaired) electrons. The molecule has 0 fully saturated rings. The van der Waals surface area contributed by atoms with Crippen LogP contribution < -0.4 is 5.32 Å². The molecule has 7 nitrogen and oxygen atoms in total. The van der Waals surface area contributed by atoms with Crippen LogP contribution in [-0.2, 0) is 24.7 Å². The highest BCUT2D eigenvalue weighted by molar-refractivity contribution is 6.04. The number of Topliss-reactive ketones (excluding diaryl/α,β-unsaturated/α-hetero) is 1. The Morgan fingerprint density at radius 3 is 2.48 bits per heavy atom. The zero-order valence-electron chi connectivity index (χ0n) is 12.0. The van der Waals surface area contributed by atoms with E-state index in [2.05, 4.69) is 4.74 Å². The van der Waals surface area contributed by atoms with Crippen molar-refractivity contribution >= 4 is 17.8 Å². The molecule has 0 saturated carbocycles. The Morgan fingerprint density at radius 2 is 1.96 bits per heavy atom. The number of hydrogen-bond donors (Lipinski definition) is 2. The molecule has 0 aliphatic carbocycles. The van der Waals surface area contributed by atoms with Crippen molar-refractivity contribution < 1.29 is 37.7 Å². The minimum Gasteiger partial charge on any atom is -0.465 e. The monoisotopic (exact) mass is 327 g/mol. The molecule has 1 aromatic rings. The minimum atomic E-state index is -1.88. The van der Waals surface area contributed by atoms with Gasteiger partial charge < -0.3 is 14.6 Å². The molecule has 2 N–H and O–H groups in total. The number of halogens is 2. The molecule has 1 aromatic carbocycles. The quantitative estimate of drug-likeness (QED) is 0.821. The van der Waals surface area contributed by atoms with Crippen molar-refractivity contribution in [3.63, 3.8) is 0 Å². The van der Waals surface area contributed by atoms with Gasteiger partial charge in [-0.3, -0.25) is 14.9 Å². The first-order valence-electron chi connectivity index (χ1n) is 6.27. The third kappa shape index (κ3) is 2.98. The summed E-state index contributed by atoms with van der Waals surface area (Å²) in [6.45, 7) is 2.22. The van der Waals surface area contributed by atoms with E-state index >= 15 is 0 Å². The van der Waals surface area contributed by atoms with Gasteiger partial charge in [0.1, 0.15) is 0 Å². The smallest absolute Gasteiger partial charge is 0.411 e. The van der Waals surface area contributed by atoms with Gasteiger partial charge in [0.25, 0.3) is 5.78 Å². The second kappa shape index (κ2) is 5.67. The highest BCUT2D eigenvalue weighted by Crippen LogP contribution is 2.38. The molecule has 1 atom stereocenters. The van der Waals surface area contributed by atoms with Gasteiger partial charge in [-0.2, -0.15) is 0 Å². The molecule has 2 rings (SSSR count). The maximum atomic E-state index is 13.4. The van der Waals surface area contributed by atoms with Gasteiger partial charge in [-0.15, -0.1) is 0 Å². The van der Waals surface area contributed by atoms with Crippen LogP contribution >= 0.6 is 0 Å². The van der Waals surface area contributed by atoms with Crippen molar-refractivity contribution in [3.05, 3.63) is 47.0 Å². The number of carbonyl (C=O) groups excluding carboxylic acids is 2. The number of benzene rings is 1. The molecule has 1 aliphatic heterocycles. The lowest BCUT2D eigenvalue weighted by Crippen LogP contribution is -2.32. The van der Waals surface area contributed by atoms with Gasteiger partial charge in [0.15, 0.2) is 17.2 Å². The number of hydrogen-bond acceptors (Lipinski definition) is 5. The van der Waals surface area contributed by atoms with Crippen LogP contribution in [0.15, 0.2) is 29.8 Å². The van der Waals surface area contributed by atoms with E-state index in [1.54, 1.807) is 5.32 Å². The fourth-order valence-electron chi connectivity index (χ4n) is 2.02. The number of carboxylic acid groups (broad SMARTS) is 1. The Balaban J connectivity index is 2.46. The summed E-state index contributed by atoms with van der Waals surface area (Å²) < 4.78 is 36.3. The number of ketones is 1. The Kier molecular flexibility index (Phi) is 4.04. The fourth-order valence-corrected chi connectivity index (χ4v) is 2.02. The van der Waals surface area contributed by atoms with E-state index in [9.17, 15) is 23.2 Å². The zero-order valence-corrected chi connectivity index (χ0v) is 12.0. The molecule has 1 heterocycles. The Labute approximate surface area is 128 Å².